The first-order valence-corrected chi connectivity index (χ1v) is 6.61. The highest BCUT2D eigenvalue weighted by Gasteiger charge is 2.18. The molecule has 0 aliphatic carbocycles. The average molecular weight is 242 g/mol. The second kappa shape index (κ2) is 7.63. The van der Waals surface area contributed by atoms with Gasteiger partial charge in [-0.3, -0.25) is 4.79 Å². The van der Waals surface area contributed by atoms with E-state index in [4.69, 9.17) is 0 Å². The molecule has 0 saturated carbocycles. The quantitative estimate of drug-likeness (QED) is 0.646. The number of nitrogens with one attached hydrogen (secondary N) is 2. The molecule has 0 spiro atoms. The number of nitrogens with zero attached hydrogens (tertiary/aromatic N) is 2. The minimum atomic E-state index is -0.143. The Hall–Kier alpha value is -0.650. The van der Waals surface area contributed by atoms with Crippen LogP contribution in [-0.2, 0) is 4.79 Å². The molecule has 1 aliphatic rings. The van der Waals surface area contributed by atoms with Crippen LogP contribution < -0.4 is 10.7 Å². The number of amides is 1. The van der Waals surface area contributed by atoms with E-state index in [-0.39, 0.29) is 11.9 Å². The van der Waals surface area contributed by atoms with Crippen LogP contribution in [0.1, 0.15) is 26.7 Å². The van der Waals surface area contributed by atoms with Gasteiger partial charge in [0.15, 0.2) is 0 Å². The molecule has 0 aromatic carbocycles. The van der Waals surface area contributed by atoms with Crippen LogP contribution in [0.15, 0.2) is 0 Å². The van der Waals surface area contributed by atoms with Gasteiger partial charge >= 0.3 is 0 Å². The van der Waals surface area contributed by atoms with Crippen LogP contribution in [0, 0.1) is 0 Å². The van der Waals surface area contributed by atoms with E-state index in [1.165, 1.54) is 0 Å². The van der Waals surface area contributed by atoms with Crippen LogP contribution in [0.3, 0.4) is 0 Å². The van der Waals surface area contributed by atoms with Gasteiger partial charge in [-0.2, -0.15) is 0 Å². The van der Waals surface area contributed by atoms with Crippen LogP contribution >= 0.6 is 0 Å². The Morgan fingerprint density at radius 3 is 2.53 bits per heavy atom. The highest BCUT2D eigenvalue weighted by molar-refractivity contribution is 5.81. The molecule has 1 fully saturated rings. The summed E-state index contributed by atoms with van der Waals surface area (Å²) in [6, 6.07) is -0.143. The molecular weight excluding hydrogens is 216 g/mol. The molecule has 0 radical (unpaired) electrons. The van der Waals surface area contributed by atoms with Crippen molar-refractivity contribution in [3.63, 3.8) is 0 Å². The Morgan fingerprint density at radius 1 is 1.29 bits per heavy atom. The summed E-state index contributed by atoms with van der Waals surface area (Å²) < 4.78 is 0. The number of likely N-dealkylation sites (N-methyl/N-ethyl adjacent to an activating group) is 1. The molecule has 0 aromatic heterocycles. The molecule has 2 N–H and O–H groups in total. The maximum atomic E-state index is 11.7. The summed E-state index contributed by atoms with van der Waals surface area (Å²) >= 11 is 0. The zero-order valence-electron chi connectivity index (χ0n) is 11.3. The van der Waals surface area contributed by atoms with E-state index in [1.807, 2.05) is 6.92 Å². The Morgan fingerprint density at radius 2 is 1.94 bits per heavy atom. The van der Waals surface area contributed by atoms with Crippen LogP contribution in [0.25, 0.3) is 0 Å². The van der Waals surface area contributed by atoms with E-state index in [1.54, 1.807) is 0 Å². The lowest BCUT2D eigenvalue weighted by Gasteiger charge is -2.34. The Labute approximate surface area is 104 Å². The van der Waals surface area contributed by atoms with Crippen molar-refractivity contribution in [2.45, 2.75) is 32.7 Å². The summed E-state index contributed by atoms with van der Waals surface area (Å²) in [7, 11) is 2.12. The standard InChI is InChI=1S/C12H26N4O/c1-4-5-6-13-12(17)11(2)14-16-9-7-15(3)8-10-16/h11,14H,4-10H2,1-3H3,(H,13,17). The van der Waals surface area contributed by atoms with E-state index in [0.717, 1.165) is 45.6 Å². The molecule has 1 unspecified atom stereocenters. The van der Waals surface area contributed by atoms with Gasteiger partial charge in [0.05, 0.1) is 6.04 Å². The van der Waals surface area contributed by atoms with Crippen LogP contribution in [0.5, 0.6) is 0 Å². The monoisotopic (exact) mass is 242 g/mol. The first-order chi connectivity index (χ1) is 8.13. The van der Waals surface area contributed by atoms with Gasteiger partial charge < -0.3 is 10.2 Å². The van der Waals surface area contributed by atoms with E-state index in [0.29, 0.717) is 0 Å². The van der Waals surface area contributed by atoms with E-state index in [2.05, 4.69) is 34.6 Å². The SMILES string of the molecule is CCCCNC(=O)C(C)NN1CCN(C)CC1. The van der Waals surface area contributed by atoms with Crippen molar-refractivity contribution in [2.75, 3.05) is 39.8 Å². The van der Waals surface area contributed by atoms with E-state index in [9.17, 15) is 4.79 Å². The zero-order chi connectivity index (χ0) is 12.7. The average Bonchev–Trinajstić information content (AvgIpc) is 2.32. The molecule has 1 heterocycles. The van der Waals surface area contributed by atoms with Crippen LogP contribution in [-0.4, -0.2) is 61.6 Å². The van der Waals surface area contributed by atoms with Gasteiger partial charge in [0, 0.05) is 32.7 Å². The fraction of sp³-hybridized carbons (Fsp3) is 0.917. The van der Waals surface area contributed by atoms with Gasteiger partial charge in [0.25, 0.3) is 0 Å². The molecule has 5 heteroatoms. The number of unbranched alkanes of at least 4 members (excludes halogenated alkanes) is 1. The number of rotatable bonds is 6. The normalized spacial score (nSPS) is 20.2. The minimum Gasteiger partial charge on any atom is -0.355 e. The molecule has 0 aromatic rings. The van der Waals surface area contributed by atoms with Crippen molar-refractivity contribution in [3.8, 4) is 0 Å². The minimum absolute atomic E-state index is 0.0948. The summed E-state index contributed by atoms with van der Waals surface area (Å²) in [4.78, 5) is 14.0. The van der Waals surface area contributed by atoms with Crippen molar-refractivity contribution in [1.82, 2.24) is 20.7 Å². The van der Waals surface area contributed by atoms with Crippen molar-refractivity contribution in [3.05, 3.63) is 0 Å². The Bertz CT molecular complexity index is 227. The number of piperazine rings is 1. The third kappa shape index (κ3) is 5.48. The lowest BCUT2D eigenvalue weighted by atomic mass is 10.3. The summed E-state index contributed by atoms with van der Waals surface area (Å²) in [5.41, 5.74) is 3.26. The van der Waals surface area contributed by atoms with Crippen molar-refractivity contribution >= 4 is 5.91 Å². The lowest BCUT2D eigenvalue weighted by Crippen LogP contribution is -2.56. The summed E-state index contributed by atoms with van der Waals surface area (Å²) in [5.74, 6) is 0.0948. The predicted octanol–water partition coefficient (Wildman–Crippen LogP) is 0.0432. The van der Waals surface area contributed by atoms with Crippen molar-refractivity contribution in [2.24, 2.45) is 0 Å². The van der Waals surface area contributed by atoms with Crippen molar-refractivity contribution in [1.29, 1.82) is 0 Å². The van der Waals surface area contributed by atoms with Crippen molar-refractivity contribution < 1.29 is 4.79 Å². The molecule has 5 nitrogen and oxygen atoms in total. The fourth-order valence-electron chi connectivity index (χ4n) is 1.81. The van der Waals surface area contributed by atoms with Gasteiger partial charge in [-0.1, -0.05) is 13.3 Å². The summed E-state index contributed by atoms with van der Waals surface area (Å²) in [6.07, 6.45) is 2.16. The highest BCUT2D eigenvalue weighted by Crippen LogP contribution is 1.97. The largest absolute Gasteiger partial charge is 0.355 e. The Kier molecular flexibility index (Phi) is 6.47. The first kappa shape index (κ1) is 14.4. The fourth-order valence-corrected chi connectivity index (χ4v) is 1.81. The van der Waals surface area contributed by atoms with E-state index >= 15 is 0 Å². The number of carbonyl (C=O) groups is 1. The first-order valence-electron chi connectivity index (χ1n) is 6.61. The van der Waals surface area contributed by atoms with Gasteiger partial charge in [0.2, 0.25) is 5.91 Å². The number of hydrogen-bond donors (Lipinski definition) is 2. The topological polar surface area (TPSA) is 47.6 Å². The molecule has 1 aliphatic heterocycles. The third-order valence-electron chi connectivity index (χ3n) is 3.10. The highest BCUT2D eigenvalue weighted by atomic mass is 16.2. The maximum absolute atomic E-state index is 11.7. The molecule has 1 atom stereocenters. The second-order valence-corrected chi connectivity index (χ2v) is 4.79. The third-order valence-corrected chi connectivity index (χ3v) is 3.10. The van der Waals surface area contributed by atoms with Gasteiger partial charge in [-0.25, -0.2) is 10.4 Å². The van der Waals surface area contributed by atoms with Gasteiger partial charge in [0.1, 0.15) is 0 Å². The molecular formula is C12H26N4O. The number of hydrazine groups is 1. The van der Waals surface area contributed by atoms with Crippen LogP contribution in [0.4, 0.5) is 0 Å². The number of hydrogen-bond acceptors (Lipinski definition) is 4. The van der Waals surface area contributed by atoms with Crippen LogP contribution in [0.2, 0.25) is 0 Å². The Balaban J connectivity index is 2.19. The smallest absolute Gasteiger partial charge is 0.238 e. The molecule has 17 heavy (non-hydrogen) atoms. The molecule has 1 amide bonds. The lowest BCUT2D eigenvalue weighted by molar-refractivity contribution is -0.124. The molecule has 1 rings (SSSR count). The van der Waals surface area contributed by atoms with Gasteiger partial charge in [-0.15, -0.1) is 0 Å². The van der Waals surface area contributed by atoms with Gasteiger partial charge in [-0.05, 0) is 20.4 Å². The molecule has 100 valence electrons. The molecule has 0 bridgehead atoms. The number of carbonyl (C=O) groups excluding carboxylic acids is 1. The predicted molar refractivity (Wildman–Crippen MR) is 69.6 cm³/mol. The maximum Gasteiger partial charge on any atom is 0.238 e. The summed E-state index contributed by atoms with van der Waals surface area (Å²) in [6.45, 7) is 8.88. The summed E-state index contributed by atoms with van der Waals surface area (Å²) in [5, 5.41) is 5.09. The second-order valence-electron chi connectivity index (χ2n) is 4.79. The zero-order valence-corrected chi connectivity index (χ0v) is 11.3. The molecule has 1 saturated heterocycles. The van der Waals surface area contributed by atoms with E-state index < -0.39 is 0 Å².